The molecule has 0 saturated heterocycles. The molecule has 1 heterocycles. The Kier molecular flexibility index (Phi) is 3.74. The van der Waals surface area contributed by atoms with Gasteiger partial charge >= 0.3 is 0 Å². The van der Waals surface area contributed by atoms with Gasteiger partial charge in [-0.05, 0) is 45.9 Å². The fourth-order valence-electron chi connectivity index (χ4n) is 2.24. The summed E-state index contributed by atoms with van der Waals surface area (Å²) in [5.74, 6) is 1.68. The normalized spacial score (nSPS) is 10.5. The van der Waals surface area contributed by atoms with Crippen molar-refractivity contribution in [3.63, 3.8) is 0 Å². The fourth-order valence-corrected chi connectivity index (χ4v) is 2.24. The van der Waals surface area contributed by atoms with Gasteiger partial charge in [-0.1, -0.05) is 17.2 Å². The molecular weight excluding hydrogens is 238 g/mol. The minimum absolute atomic E-state index is 0.0509. The summed E-state index contributed by atoms with van der Waals surface area (Å²) in [6.07, 6.45) is 0. The molecule has 0 unspecified atom stereocenters. The van der Waals surface area contributed by atoms with Crippen molar-refractivity contribution in [1.82, 2.24) is 5.32 Å². The van der Waals surface area contributed by atoms with Crippen molar-refractivity contribution in [1.29, 1.82) is 0 Å². The third-order valence-corrected chi connectivity index (χ3v) is 3.07. The number of carbonyl (C=O) groups excluding carboxylic acids is 1. The van der Waals surface area contributed by atoms with E-state index in [-0.39, 0.29) is 5.91 Å². The summed E-state index contributed by atoms with van der Waals surface area (Å²) >= 11 is 0. The van der Waals surface area contributed by atoms with Gasteiger partial charge < -0.3 is 9.73 Å². The number of amides is 1. The van der Waals surface area contributed by atoms with Gasteiger partial charge in [-0.2, -0.15) is 0 Å². The highest BCUT2D eigenvalue weighted by Gasteiger charge is 2.09. The number of hydrogen-bond acceptors (Lipinski definition) is 2. The van der Waals surface area contributed by atoms with Crippen LogP contribution in [0.4, 0.5) is 0 Å². The smallest absolute Gasteiger partial charge is 0.251 e. The van der Waals surface area contributed by atoms with Gasteiger partial charge in [0.25, 0.3) is 5.91 Å². The summed E-state index contributed by atoms with van der Waals surface area (Å²) in [6.45, 7) is 8.29. The third-order valence-electron chi connectivity index (χ3n) is 3.07. The lowest BCUT2D eigenvalue weighted by molar-refractivity contribution is 0.0950. The number of nitrogens with one attached hydrogen (secondary N) is 1. The van der Waals surface area contributed by atoms with E-state index in [0.29, 0.717) is 12.1 Å². The van der Waals surface area contributed by atoms with E-state index in [0.717, 1.165) is 28.2 Å². The SMILES string of the molecule is Cc1cc(C)cc(C(=O)NCc2cc(C)oc2C)c1. The summed E-state index contributed by atoms with van der Waals surface area (Å²) in [7, 11) is 0. The van der Waals surface area contributed by atoms with E-state index in [1.165, 1.54) is 0 Å². The molecule has 0 aliphatic rings. The van der Waals surface area contributed by atoms with Gasteiger partial charge in [-0.3, -0.25) is 4.79 Å². The highest BCUT2D eigenvalue weighted by Crippen LogP contribution is 2.14. The fraction of sp³-hybridized carbons (Fsp3) is 0.312. The van der Waals surface area contributed by atoms with Crippen LogP contribution in [0.5, 0.6) is 0 Å². The van der Waals surface area contributed by atoms with Crippen LogP contribution in [0.15, 0.2) is 28.7 Å². The Hall–Kier alpha value is -2.03. The first-order valence-electron chi connectivity index (χ1n) is 6.38. The minimum atomic E-state index is -0.0509. The molecule has 19 heavy (non-hydrogen) atoms. The molecule has 0 spiro atoms. The molecule has 0 bridgehead atoms. The molecule has 1 aromatic carbocycles. The Morgan fingerprint density at radius 1 is 1.05 bits per heavy atom. The minimum Gasteiger partial charge on any atom is -0.466 e. The van der Waals surface area contributed by atoms with Crippen molar-refractivity contribution in [3.8, 4) is 0 Å². The lowest BCUT2D eigenvalue weighted by atomic mass is 10.1. The van der Waals surface area contributed by atoms with Crippen LogP contribution in [0, 0.1) is 27.7 Å². The van der Waals surface area contributed by atoms with Gasteiger partial charge in [0.05, 0.1) is 0 Å². The zero-order valence-electron chi connectivity index (χ0n) is 11.8. The maximum atomic E-state index is 12.1. The van der Waals surface area contributed by atoms with Crippen LogP contribution in [0.1, 0.15) is 38.6 Å². The molecule has 2 rings (SSSR count). The largest absolute Gasteiger partial charge is 0.466 e. The van der Waals surface area contributed by atoms with E-state index < -0.39 is 0 Å². The van der Waals surface area contributed by atoms with Gasteiger partial charge in [0.15, 0.2) is 0 Å². The molecule has 3 heteroatoms. The number of rotatable bonds is 3. The standard InChI is InChI=1S/C16H19NO2/c1-10-5-11(2)7-14(6-10)16(18)17-9-15-8-12(3)19-13(15)4/h5-8H,9H2,1-4H3,(H,17,18). The Balaban J connectivity index is 2.07. The van der Waals surface area contributed by atoms with E-state index in [9.17, 15) is 4.79 Å². The van der Waals surface area contributed by atoms with Crippen LogP contribution < -0.4 is 5.32 Å². The molecule has 0 saturated carbocycles. The van der Waals surface area contributed by atoms with Crippen LogP contribution >= 0.6 is 0 Å². The highest BCUT2D eigenvalue weighted by molar-refractivity contribution is 5.94. The van der Waals surface area contributed by atoms with Crippen LogP contribution in [0.2, 0.25) is 0 Å². The molecule has 1 N–H and O–H groups in total. The van der Waals surface area contributed by atoms with Crippen molar-refractivity contribution >= 4 is 5.91 Å². The summed E-state index contributed by atoms with van der Waals surface area (Å²) in [4.78, 5) is 12.1. The predicted molar refractivity (Wildman–Crippen MR) is 75.3 cm³/mol. The average molecular weight is 257 g/mol. The summed E-state index contributed by atoms with van der Waals surface area (Å²) in [6, 6.07) is 7.81. The summed E-state index contributed by atoms with van der Waals surface area (Å²) < 4.78 is 5.44. The van der Waals surface area contributed by atoms with Gasteiger partial charge in [0, 0.05) is 17.7 Å². The Labute approximate surface area is 113 Å². The predicted octanol–water partition coefficient (Wildman–Crippen LogP) is 3.44. The van der Waals surface area contributed by atoms with Crippen molar-refractivity contribution in [2.75, 3.05) is 0 Å². The molecule has 3 nitrogen and oxygen atoms in total. The number of benzene rings is 1. The number of aryl methyl sites for hydroxylation is 4. The highest BCUT2D eigenvalue weighted by atomic mass is 16.3. The lowest BCUT2D eigenvalue weighted by Crippen LogP contribution is -2.23. The first-order chi connectivity index (χ1) is 8.95. The molecule has 0 aliphatic heterocycles. The molecule has 100 valence electrons. The van der Waals surface area contributed by atoms with Crippen LogP contribution in [0.25, 0.3) is 0 Å². The Bertz CT molecular complexity index is 591. The molecule has 0 atom stereocenters. The van der Waals surface area contributed by atoms with Crippen molar-refractivity contribution in [2.24, 2.45) is 0 Å². The van der Waals surface area contributed by atoms with Crippen LogP contribution in [0.3, 0.4) is 0 Å². The lowest BCUT2D eigenvalue weighted by Gasteiger charge is -2.06. The van der Waals surface area contributed by atoms with E-state index in [4.69, 9.17) is 4.42 Å². The van der Waals surface area contributed by atoms with Crippen molar-refractivity contribution < 1.29 is 9.21 Å². The van der Waals surface area contributed by atoms with Crippen LogP contribution in [-0.2, 0) is 6.54 Å². The third kappa shape index (κ3) is 3.25. The Morgan fingerprint density at radius 3 is 2.21 bits per heavy atom. The van der Waals surface area contributed by atoms with E-state index in [1.807, 2.05) is 45.9 Å². The molecule has 0 radical (unpaired) electrons. The van der Waals surface area contributed by atoms with E-state index in [2.05, 4.69) is 11.4 Å². The summed E-state index contributed by atoms with van der Waals surface area (Å²) in [5.41, 5.74) is 3.92. The first kappa shape index (κ1) is 13.4. The number of furan rings is 1. The zero-order valence-corrected chi connectivity index (χ0v) is 11.8. The van der Waals surface area contributed by atoms with Gasteiger partial charge in [0.1, 0.15) is 11.5 Å². The van der Waals surface area contributed by atoms with Gasteiger partial charge in [-0.25, -0.2) is 0 Å². The van der Waals surface area contributed by atoms with Crippen LogP contribution in [-0.4, -0.2) is 5.91 Å². The topological polar surface area (TPSA) is 42.2 Å². The van der Waals surface area contributed by atoms with E-state index in [1.54, 1.807) is 0 Å². The molecule has 0 aliphatic carbocycles. The Morgan fingerprint density at radius 2 is 1.68 bits per heavy atom. The van der Waals surface area contributed by atoms with Gasteiger partial charge in [-0.15, -0.1) is 0 Å². The van der Waals surface area contributed by atoms with Crippen molar-refractivity contribution in [2.45, 2.75) is 34.2 Å². The first-order valence-corrected chi connectivity index (χ1v) is 6.38. The maximum absolute atomic E-state index is 12.1. The second kappa shape index (κ2) is 5.31. The van der Waals surface area contributed by atoms with E-state index >= 15 is 0 Å². The summed E-state index contributed by atoms with van der Waals surface area (Å²) in [5, 5.41) is 2.92. The number of hydrogen-bond donors (Lipinski definition) is 1. The number of carbonyl (C=O) groups is 1. The molecule has 2 aromatic rings. The molecule has 1 aromatic heterocycles. The zero-order chi connectivity index (χ0) is 14.0. The maximum Gasteiger partial charge on any atom is 0.251 e. The average Bonchev–Trinajstić information content (AvgIpc) is 2.63. The second-order valence-corrected chi connectivity index (χ2v) is 5.00. The molecular formula is C16H19NO2. The quantitative estimate of drug-likeness (QED) is 0.915. The van der Waals surface area contributed by atoms with Gasteiger partial charge in [0.2, 0.25) is 0 Å². The molecule has 1 amide bonds. The molecule has 0 fully saturated rings. The second-order valence-electron chi connectivity index (χ2n) is 5.00. The monoisotopic (exact) mass is 257 g/mol. The van der Waals surface area contributed by atoms with Crippen molar-refractivity contribution in [3.05, 3.63) is 58.0 Å².